The third kappa shape index (κ3) is 5.77. The van der Waals surface area contributed by atoms with Gasteiger partial charge in [-0.2, -0.15) is 0 Å². The quantitative estimate of drug-likeness (QED) is 0.753. The lowest BCUT2D eigenvalue weighted by Gasteiger charge is -2.18. The van der Waals surface area contributed by atoms with E-state index < -0.39 is 6.04 Å². The van der Waals surface area contributed by atoms with E-state index in [4.69, 9.17) is 4.74 Å². The number of ether oxygens (including phenoxy) is 1. The largest absolute Gasteiger partial charge is 0.497 e. The zero-order chi connectivity index (χ0) is 18.9. The average molecular weight is 352 g/mol. The molecule has 26 heavy (non-hydrogen) atoms. The molecule has 2 aromatic rings. The number of rotatable bonds is 7. The second kappa shape index (κ2) is 9.42. The monoisotopic (exact) mass is 352 g/mol. The summed E-state index contributed by atoms with van der Waals surface area (Å²) in [6.07, 6.45) is 3.10. The highest BCUT2D eigenvalue weighted by molar-refractivity contribution is 5.95. The van der Waals surface area contributed by atoms with Crippen molar-refractivity contribution in [1.82, 2.24) is 10.6 Å². The predicted octanol–water partition coefficient (Wildman–Crippen LogP) is 3.09. The van der Waals surface area contributed by atoms with Gasteiger partial charge in [0, 0.05) is 6.08 Å². The highest BCUT2D eigenvalue weighted by Crippen LogP contribution is 2.12. The molecule has 0 aliphatic carbocycles. The average Bonchev–Trinajstić information content (AvgIpc) is 2.67. The fourth-order valence-corrected chi connectivity index (χ4v) is 2.38. The van der Waals surface area contributed by atoms with Crippen LogP contribution >= 0.6 is 0 Å². The van der Waals surface area contributed by atoms with Crippen molar-refractivity contribution in [2.75, 3.05) is 7.11 Å². The van der Waals surface area contributed by atoms with E-state index in [1.807, 2.05) is 61.5 Å². The Morgan fingerprint density at radius 2 is 1.62 bits per heavy atom. The molecule has 0 heterocycles. The van der Waals surface area contributed by atoms with E-state index in [-0.39, 0.29) is 17.9 Å². The Hall–Kier alpha value is -3.08. The van der Waals surface area contributed by atoms with Crippen molar-refractivity contribution in [3.8, 4) is 5.75 Å². The maximum absolute atomic E-state index is 12.2. The van der Waals surface area contributed by atoms with Gasteiger partial charge in [0.1, 0.15) is 11.8 Å². The van der Waals surface area contributed by atoms with Crippen LogP contribution in [0.2, 0.25) is 0 Å². The van der Waals surface area contributed by atoms with Gasteiger partial charge in [0.05, 0.1) is 13.2 Å². The molecule has 0 saturated heterocycles. The minimum Gasteiger partial charge on any atom is -0.497 e. The Labute approximate surface area is 154 Å². The van der Waals surface area contributed by atoms with E-state index >= 15 is 0 Å². The molecule has 0 aliphatic rings. The maximum atomic E-state index is 12.2. The lowest BCUT2D eigenvalue weighted by atomic mass is 10.1. The van der Waals surface area contributed by atoms with E-state index in [0.29, 0.717) is 0 Å². The second-order valence-electron chi connectivity index (χ2n) is 5.98. The molecule has 2 amide bonds. The zero-order valence-electron chi connectivity index (χ0n) is 15.2. The molecular formula is C21H24N2O3. The molecule has 2 atom stereocenters. The molecule has 0 spiro atoms. The van der Waals surface area contributed by atoms with Gasteiger partial charge in [-0.15, -0.1) is 0 Å². The first-order chi connectivity index (χ1) is 12.5. The van der Waals surface area contributed by atoms with Gasteiger partial charge in [-0.1, -0.05) is 42.5 Å². The Bertz CT molecular complexity index is 755. The van der Waals surface area contributed by atoms with Gasteiger partial charge in [0.15, 0.2) is 0 Å². The minimum absolute atomic E-state index is 0.127. The van der Waals surface area contributed by atoms with Crippen LogP contribution in [0.25, 0.3) is 6.08 Å². The van der Waals surface area contributed by atoms with E-state index in [9.17, 15) is 9.59 Å². The number of amides is 2. The maximum Gasteiger partial charge on any atom is 0.244 e. The summed E-state index contributed by atoms with van der Waals surface area (Å²) in [6.45, 7) is 3.57. The molecule has 136 valence electrons. The standard InChI is InChI=1S/C21H24N2O3/c1-15(18-7-5-4-6-8-18)23-21(25)16(2)22-20(24)14-11-17-9-12-19(26-3)13-10-17/h4-16H,1-3H3,(H,22,24)(H,23,25)/b14-11+. The minimum atomic E-state index is -0.630. The topological polar surface area (TPSA) is 67.4 Å². The lowest BCUT2D eigenvalue weighted by Crippen LogP contribution is -2.45. The first kappa shape index (κ1) is 19.2. The van der Waals surface area contributed by atoms with Crippen molar-refractivity contribution >= 4 is 17.9 Å². The van der Waals surface area contributed by atoms with E-state index in [1.165, 1.54) is 6.08 Å². The molecule has 2 rings (SSSR count). The summed E-state index contributed by atoms with van der Waals surface area (Å²) in [5, 5.41) is 5.56. The number of methoxy groups -OCH3 is 1. The second-order valence-corrected chi connectivity index (χ2v) is 5.98. The summed E-state index contributed by atoms with van der Waals surface area (Å²) in [6, 6.07) is 16.2. The molecule has 5 nitrogen and oxygen atoms in total. The number of benzene rings is 2. The van der Waals surface area contributed by atoms with E-state index in [2.05, 4.69) is 10.6 Å². The molecule has 0 aliphatic heterocycles. The molecule has 0 radical (unpaired) electrons. The van der Waals surface area contributed by atoms with Gasteiger partial charge in [-0.25, -0.2) is 0 Å². The Morgan fingerprint density at radius 3 is 2.23 bits per heavy atom. The van der Waals surface area contributed by atoms with Crippen LogP contribution < -0.4 is 15.4 Å². The van der Waals surface area contributed by atoms with Crippen LogP contribution in [0.4, 0.5) is 0 Å². The highest BCUT2D eigenvalue weighted by Gasteiger charge is 2.17. The summed E-state index contributed by atoms with van der Waals surface area (Å²) in [5.41, 5.74) is 1.88. The number of carbonyl (C=O) groups is 2. The van der Waals surface area contributed by atoms with Gasteiger partial charge >= 0.3 is 0 Å². The summed E-state index contributed by atoms with van der Waals surface area (Å²) < 4.78 is 5.09. The summed E-state index contributed by atoms with van der Waals surface area (Å²) in [5.74, 6) is 0.202. The van der Waals surface area contributed by atoms with Crippen LogP contribution in [-0.2, 0) is 9.59 Å². The SMILES string of the molecule is COc1ccc(/C=C/C(=O)NC(C)C(=O)NC(C)c2ccccc2)cc1. The Morgan fingerprint density at radius 1 is 0.962 bits per heavy atom. The van der Waals surface area contributed by atoms with Gasteiger partial charge in [-0.05, 0) is 43.2 Å². The van der Waals surface area contributed by atoms with Gasteiger partial charge in [0.2, 0.25) is 11.8 Å². The predicted molar refractivity (Wildman–Crippen MR) is 103 cm³/mol. The number of hydrogen-bond acceptors (Lipinski definition) is 3. The van der Waals surface area contributed by atoms with Crippen molar-refractivity contribution in [2.24, 2.45) is 0 Å². The van der Waals surface area contributed by atoms with Crippen LogP contribution in [0.15, 0.2) is 60.7 Å². The van der Waals surface area contributed by atoms with Crippen molar-refractivity contribution in [1.29, 1.82) is 0 Å². The first-order valence-corrected chi connectivity index (χ1v) is 8.47. The smallest absolute Gasteiger partial charge is 0.244 e. The highest BCUT2D eigenvalue weighted by atomic mass is 16.5. The van der Waals surface area contributed by atoms with Crippen LogP contribution in [0.1, 0.15) is 31.0 Å². The third-order valence-corrected chi connectivity index (χ3v) is 3.95. The number of hydrogen-bond donors (Lipinski definition) is 2. The van der Waals surface area contributed by atoms with Gasteiger partial charge < -0.3 is 15.4 Å². The normalized spacial score (nSPS) is 13.0. The van der Waals surface area contributed by atoms with Gasteiger partial charge in [0.25, 0.3) is 0 Å². The van der Waals surface area contributed by atoms with Crippen LogP contribution in [0.3, 0.4) is 0 Å². The molecule has 2 aromatic carbocycles. The molecule has 2 unspecified atom stereocenters. The summed E-state index contributed by atoms with van der Waals surface area (Å²) in [7, 11) is 1.60. The van der Waals surface area contributed by atoms with Gasteiger partial charge in [-0.3, -0.25) is 9.59 Å². The van der Waals surface area contributed by atoms with E-state index in [0.717, 1.165) is 16.9 Å². The Kier molecular flexibility index (Phi) is 6.97. The lowest BCUT2D eigenvalue weighted by molar-refractivity contribution is -0.127. The molecule has 2 N–H and O–H groups in total. The molecule has 5 heteroatoms. The number of carbonyl (C=O) groups excluding carboxylic acids is 2. The van der Waals surface area contributed by atoms with Crippen LogP contribution in [-0.4, -0.2) is 25.0 Å². The van der Waals surface area contributed by atoms with Crippen LogP contribution in [0, 0.1) is 0 Å². The molecule has 0 saturated carbocycles. The summed E-state index contributed by atoms with van der Waals surface area (Å²) in [4.78, 5) is 24.3. The fraction of sp³-hybridized carbons (Fsp3) is 0.238. The van der Waals surface area contributed by atoms with Crippen LogP contribution in [0.5, 0.6) is 5.75 Å². The fourth-order valence-electron chi connectivity index (χ4n) is 2.38. The molecule has 0 fully saturated rings. The van der Waals surface area contributed by atoms with E-state index in [1.54, 1.807) is 20.1 Å². The third-order valence-electron chi connectivity index (χ3n) is 3.95. The first-order valence-electron chi connectivity index (χ1n) is 8.47. The Balaban J connectivity index is 1.85. The van der Waals surface area contributed by atoms with Crippen molar-refractivity contribution in [3.63, 3.8) is 0 Å². The molecule has 0 bridgehead atoms. The van der Waals surface area contributed by atoms with Crippen molar-refractivity contribution in [3.05, 3.63) is 71.8 Å². The summed E-state index contributed by atoms with van der Waals surface area (Å²) >= 11 is 0. The molecule has 0 aromatic heterocycles. The number of nitrogens with one attached hydrogen (secondary N) is 2. The van der Waals surface area contributed by atoms with Crippen molar-refractivity contribution in [2.45, 2.75) is 25.9 Å². The molecular weight excluding hydrogens is 328 g/mol. The van der Waals surface area contributed by atoms with Crippen molar-refractivity contribution < 1.29 is 14.3 Å². The zero-order valence-corrected chi connectivity index (χ0v) is 15.2.